The van der Waals surface area contributed by atoms with Crippen molar-refractivity contribution in [2.45, 2.75) is 13.1 Å². The van der Waals surface area contributed by atoms with Crippen LogP contribution in [0.1, 0.15) is 11.4 Å². The summed E-state index contributed by atoms with van der Waals surface area (Å²) in [5, 5.41) is 4.71. The highest BCUT2D eigenvalue weighted by Gasteiger charge is 2.10. The van der Waals surface area contributed by atoms with Crippen molar-refractivity contribution in [3.8, 4) is 11.5 Å². The molecule has 28 heavy (non-hydrogen) atoms. The van der Waals surface area contributed by atoms with Crippen molar-refractivity contribution < 1.29 is 9.47 Å². The number of hydrogen-bond acceptors (Lipinski definition) is 5. The fraction of sp³-hybridized carbons (Fsp3) is 0.333. The fourth-order valence-corrected chi connectivity index (χ4v) is 3.05. The number of hydrogen-bond donors (Lipinski definition) is 0. The Morgan fingerprint density at radius 2 is 1.71 bits per heavy atom. The molecule has 0 saturated carbocycles. The molecule has 3 aromatic rings. The predicted octanol–water partition coefficient (Wildman–Crippen LogP) is 3.52. The molecular weight excluding hydrogens is 372 g/mol. The summed E-state index contributed by atoms with van der Waals surface area (Å²) in [6, 6.07) is 17.9. The molecule has 6 nitrogen and oxygen atoms in total. The monoisotopic (exact) mass is 398 g/mol. The van der Waals surface area contributed by atoms with Crippen molar-refractivity contribution in [2.24, 2.45) is 7.05 Å². The van der Waals surface area contributed by atoms with Crippen LogP contribution in [-0.4, -0.2) is 46.6 Å². The fourth-order valence-electron chi connectivity index (χ4n) is 2.85. The molecule has 1 aromatic heterocycles. The van der Waals surface area contributed by atoms with Gasteiger partial charge in [0, 0.05) is 20.0 Å². The molecule has 1 heterocycles. The van der Waals surface area contributed by atoms with Crippen LogP contribution in [0.25, 0.3) is 0 Å². The van der Waals surface area contributed by atoms with Crippen LogP contribution < -0.4 is 9.47 Å². The van der Waals surface area contributed by atoms with Gasteiger partial charge in [0.05, 0.1) is 13.8 Å². The topological polar surface area (TPSA) is 44.5 Å². The minimum atomic E-state index is 0.583. The predicted molar refractivity (Wildman–Crippen MR) is 112 cm³/mol. The summed E-state index contributed by atoms with van der Waals surface area (Å²) in [5.74, 6) is 2.60. The second-order valence-corrected chi connectivity index (χ2v) is 7.03. The van der Waals surface area contributed by atoms with Gasteiger partial charge in [-0.3, -0.25) is 4.90 Å². The lowest BCUT2D eigenvalue weighted by Crippen LogP contribution is -2.27. The van der Waals surface area contributed by atoms with Gasteiger partial charge in [-0.15, -0.1) is 0 Å². The van der Waals surface area contributed by atoms with E-state index in [4.69, 9.17) is 26.8 Å². The molecule has 0 aliphatic heterocycles. The van der Waals surface area contributed by atoms with E-state index in [1.807, 2.05) is 65.8 Å². The van der Waals surface area contributed by atoms with Gasteiger partial charge in [0.25, 0.3) is 0 Å². The van der Waals surface area contributed by atoms with Crippen molar-refractivity contribution in [1.82, 2.24) is 19.2 Å². The summed E-state index contributed by atoms with van der Waals surface area (Å²) < 4.78 is 15.5. The average molecular weight is 399 g/mol. The normalized spacial score (nSPS) is 11.0. The third-order valence-corrected chi connectivity index (χ3v) is 5.00. The number of nitrogens with zero attached hydrogens (tertiary/aromatic N) is 4. The molecule has 0 bridgehead atoms. The molecule has 7 heteroatoms. The van der Waals surface area contributed by atoms with Gasteiger partial charge in [-0.2, -0.15) is 5.10 Å². The lowest BCUT2D eigenvalue weighted by atomic mass is 10.1. The summed E-state index contributed by atoms with van der Waals surface area (Å²) in [5.41, 5.74) is 1.22. The molecule has 0 aliphatic carbocycles. The van der Waals surface area contributed by atoms with E-state index in [0.717, 1.165) is 30.3 Å². The van der Waals surface area contributed by atoms with Crippen LogP contribution in [0.4, 0.5) is 0 Å². The first kappa shape index (κ1) is 20.1. The van der Waals surface area contributed by atoms with E-state index < -0.39 is 0 Å². The van der Waals surface area contributed by atoms with E-state index in [1.165, 1.54) is 5.56 Å². The highest BCUT2D eigenvalue weighted by Crippen LogP contribution is 2.16. The van der Waals surface area contributed by atoms with Crippen molar-refractivity contribution in [2.75, 3.05) is 27.3 Å². The third kappa shape index (κ3) is 5.21. The molecule has 0 saturated heterocycles. The Bertz CT molecular complexity index is 935. The summed E-state index contributed by atoms with van der Waals surface area (Å²) in [7, 11) is 5.65. The molecule has 0 amide bonds. The Labute approximate surface area is 170 Å². The lowest BCUT2D eigenvalue weighted by Gasteiger charge is -2.16. The van der Waals surface area contributed by atoms with Crippen molar-refractivity contribution in [1.29, 1.82) is 0 Å². The van der Waals surface area contributed by atoms with Crippen LogP contribution in [0.5, 0.6) is 11.5 Å². The Balaban J connectivity index is 1.54. The maximum Gasteiger partial charge on any atom is 0.198 e. The van der Waals surface area contributed by atoms with Gasteiger partial charge >= 0.3 is 0 Å². The second-order valence-electron chi connectivity index (χ2n) is 6.66. The summed E-state index contributed by atoms with van der Waals surface area (Å²) in [6.07, 6.45) is 0.762. The van der Waals surface area contributed by atoms with Crippen molar-refractivity contribution >= 4 is 12.2 Å². The Morgan fingerprint density at radius 1 is 1.04 bits per heavy atom. The number of benzene rings is 2. The lowest BCUT2D eigenvalue weighted by molar-refractivity contribution is 0.197. The van der Waals surface area contributed by atoms with Crippen LogP contribution >= 0.6 is 12.2 Å². The zero-order chi connectivity index (χ0) is 19.9. The molecular formula is C21H26N4O2S. The first-order valence-corrected chi connectivity index (χ1v) is 9.59. The van der Waals surface area contributed by atoms with Gasteiger partial charge in [-0.1, -0.05) is 30.3 Å². The highest BCUT2D eigenvalue weighted by molar-refractivity contribution is 7.71. The molecule has 2 aromatic carbocycles. The smallest absolute Gasteiger partial charge is 0.198 e. The SMILES string of the molecule is COc1ccc(OCCN(C)Cn2nc(Cc3ccccc3)n(C)c2=S)cc1. The Hall–Kier alpha value is -2.64. The zero-order valence-electron chi connectivity index (χ0n) is 16.5. The molecule has 0 radical (unpaired) electrons. The van der Waals surface area contributed by atoms with Gasteiger partial charge in [-0.05, 0) is 49.1 Å². The largest absolute Gasteiger partial charge is 0.497 e. The zero-order valence-corrected chi connectivity index (χ0v) is 17.4. The Kier molecular flexibility index (Phi) is 6.84. The van der Waals surface area contributed by atoms with Crippen LogP contribution in [0.2, 0.25) is 0 Å². The Morgan fingerprint density at radius 3 is 2.39 bits per heavy atom. The molecule has 0 aliphatic rings. The second kappa shape index (κ2) is 9.52. The number of methoxy groups -OCH3 is 1. The van der Waals surface area contributed by atoms with Gasteiger partial charge in [0.1, 0.15) is 23.9 Å². The molecule has 0 unspecified atom stereocenters. The quantitative estimate of drug-likeness (QED) is 0.516. The highest BCUT2D eigenvalue weighted by atomic mass is 32.1. The van der Waals surface area contributed by atoms with Crippen molar-refractivity contribution in [3.05, 3.63) is 70.8 Å². The van der Waals surface area contributed by atoms with E-state index in [9.17, 15) is 0 Å². The van der Waals surface area contributed by atoms with E-state index in [-0.39, 0.29) is 0 Å². The van der Waals surface area contributed by atoms with E-state index >= 15 is 0 Å². The van der Waals surface area contributed by atoms with Crippen LogP contribution in [0, 0.1) is 4.77 Å². The number of ether oxygens (including phenoxy) is 2. The van der Waals surface area contributed by atoms with Crippen molar-refractivity contribution in [3.63, 3.8) is 0 Å². The number of aromatic nitrogens is 3. The molecule has 0 fully saturated rings. The van der Waals surface area contributed by atoms with Crippen LogP contribution in [0.3, 0.4) is 0 Å². The van der Waals surface area contributed by atoms with E-state index in [0.29, 0.717) is 18.0 Å². The molecule has 0 atom stereocenters. The standard InChI is InChI=1S/C21H26N4O2S/c1-23(13-14-27-19-11-9-18(26-3)10-12-19)16-25-21(28)24(2)20(22-25)15-17-7-5-4-6-8-17/h4-12H,13-16H2,1-3H3. The summed E-state index contributed by atoms with van der Waals surface area (Å²) in [4.78, 5) is 2.14. The molecule has 3 rings (SSSR count). The summed E-state index contributed by atoms with van der Waals surface area (Å²) in [6.45, 7) is 1.96. The molecule has 0 N–H and O–H groups in total. The van der Waals surface area contributed by atoms with E-state index in [1.54, 1.807) is 7.11 Å². The first-order valence-electron chi connectivity index (χ1n) is 9.19. The van der Waals surface area contributed by atoms with Gasteiger partial charge in [-0.25, -0.2) is 4.68 Å². The van der Waals surface area contributed by atoms with E-state index in [2.05, 4.69) is 17.0 Å². The average Bonchev–Trinajstić information content (AvgIpc) is 2.97. The minimum absolute atomic E-state index is 0.583. The maximum atomic E-state index is 5.79. The van der Waals surface area contributed by atoms with Gasteiger partial charge in [0.15, 0.2) is 4.77 Å². The van der Waals surface area contributed by atoms with Gasteiger partial charge in [0.2, 0.25) is 0 Å². The molecule has 148 valence electrons. The number of likely N-dealkylation sites (N-methyl/N-ethyl adjacent to an activating group) is 1. The summed E-state index contributed by atoms with van der Waals surface area (Å²) >= 11 is 5.56. The maximum absolute atomic E-state index is 5.79. The van der Waals surface area contributed by atoms with Crippen LogP contribution in [-0.2, 0) is 20.1 Å². The minimum Gasteiger partial charge on any atom is -0.497 e. The third-order valence-electron chi connectivity index (χ3n) is 4.51. The first-order chi connectivity index (χ1) is 13.6. The van der Waals surface area contributed by atoms with Gasteiger partial charge < -0.3 is 14.0 Å². The number of rotatable bonds is 9. The van der Waals surface area contributed by atoms with Crippen LogP contribution in [0.15, 0.2) is 54.6 Å². The molecule has 0 spiro atoms.